The van der Waals surface area contributed by atoms with Gasteiger partial charge < -0.3 is 4.74 Å². The van der Waals surface area contributed by atoms with Gasteiger partial charge in [-0.05, 0) is 37.8 Å². The number of benzene rings is 1. The Morgan fingerprint density at radius 3 is 2.82 bits per heavy atom. The molecule has 1 aliphatic heterocycles. The average molecular weight is 297 g/mol. The minimum absolute atomic E-state index is 0.417. The number of alkyl halides is 1. The van der Waals surface area contributed by atoms with Crippen LogP contribution in [-0.4, -0.2) is 12.7 Å². The normalized spacial score (nSPS) is 26.1. The van der Waals surface area contributed by atoms with E-state index in [0.717, 1.165) is 13.0 Å². The zero-order valence-electron chi connectivity index (χ0n) is 10.9. The number of hydrogen-bond acceptors (Lipinski definition) is 1. The van der Waals surface area contributed by atoms with Crippen molar-refractivity contribution < 1.29 is 4.74 Å². The Hall–Kier alpha value is -0.340. The van der Waals surface area contributed by atoms with E-state index in [2.05, 4.69) is 54.9 Å². The lowest BCUT2D eigenvalue weighted by Crippen LogP contribution is -2.19. The van der Waals surface area contributed by atoms with E-state index in [1.807, 2.05) is 0 Å². The molecule has 1 saturated heterocycles. The summed E-state index contributed by atoms with van der Waals surface area (Å²) in [6.45, 7) is 7.47. The van der Waals surface area contributed by atoms with Gasteiger partial charge in [-0.2, -0.15) is 0 Å². The van der Waals surface area contributed by atoms with Crippen molar-refractivity contribution in [2.24, 2.45) is 5.92 Å². The van der Waals surface area contributed by atoms with Gasteiger partial charge in [0.2, 0.25) is 0 Å². The Kier molecular flexibility index (Phi) is 4.26. The van der Waals surface area contributed by atoms with Crippen LogP contribution < -0.4 is 0 Å². The highest BCUT2D eigenvalue weighted by Gasteiger charge is 2.33. The van der Waals surface area contributed by atoms with Gasteiger partial charge in [0.15, 0.2) is 0 Å². The Balaban J connectivity index is 2.21. The van der Waals surface area contributed by atoms with E-state index >= 15 is 0 Å². The molecule has 1 nitrogen and oxygen atoms in total. The first-order chi connectivity index (χ1) is 8.13. The number of halogens is 1. The molecule has 1 fully saturated rings. The fourth-order valence-corrected chi connectivity index (χ4v) is 3.90. The fourth-order valence-electron chi connectivity index (χ4n) is 2.79. The first kappa shape index (κ1) is 13.1. The first-order valence-corrected chi connectivity index (χ1v) is 7.38. The van der Waals surface area contributed by atoms with E-state index in [1.54, 1.807) is 0 Å². The van der Waals surface area contributed by atoms with E-state index < -0.39 is 0 Å². The second kappa shape index (κ2) is 5.53. The molecular weight excluding hydrogens is 276 g/mol. The molecule has 0 aromatic heterocycles. The summed E-state index contributed by atoms with van der Waals surface area (Å²) in [5.74, 6) is 0.612. The molecule has 0 amide bonds. The molecule has 0 spiro atoms. The van der Waals surface area contributed by atoms with Crippen LogP contribution in [0.3, 0.4) is 0 Å². The van der Waals surface area contributed by atoms with Crippen LogP contribution in [0.4, 0.5) is 0 Å². The number of aryl methyl sites for hydroxylation is 2. The Morgan fingerprint density at radius 1 is 1.41 bits per heavy atom. The summed E-state index contributed by atoms with van der Waals surface area (Å²) in [5, 5.41) is 0. The van der Waals surface area contributed by atoms with Crippen molar-refractivity contribution in [3.63, 3.8) is 0 Å². The van der Waals surface area contributed by atoms with E-state index in [4.69, 9.17) is 4.74 Å². The Bertz CT molecular complexity index is 389. The van der Waals surface area contributed by atoms with E-state index in [1.165, 1.54) is 23.1 Å². The zero-order chi connectivity index (χ0) is 12.4. The van der Waals surface area contributed by atoms with Crippen molar-refractivity contribution in [1.82, 2.24) is 0 Å². The van der Waals surface area contributed by atoms with Crippen LogP contribution in [0.25, 0.3) is 0 Å². The minimum atomic E-state index is 0.417. The van der Waals surface area contributed by atoms with Crippen LogP contribution in [0.15, 0.2) is 18.2 Å². The van der Waals surface area contributed by atoms with Crippen LogP contribution >= 0.6 is 15.9 Å². The molecule has 2 rings (SSSR count). The molecule has 3 atom stereocenters. The summed E-state index contributed by atoms with van der Waals surface area (Å²) in [7, 11) is 0. The van der Waals surface area contributed by atoms with E-state index in [9.17, 15) is 0 Å². The van der Waals surface area contributed by atoms with Gasteiger partial charge >= 0.3 is 0 Å². The van der Waals surface area contributed by atoms with Gasteiger partial charge in [0.1, 0.15) is 0 Å². The first-order valence-electron chi connectivity index (χ1n) is 6.46. The molecule has 3 unspecified atom stereocenters. The second-order valence-corrected chi connectivity index (χ2v) is 6.02. The van der Waals surface area contributed by atoms with Crippen LogP contribution in [-0.2, 0) is 4.74 Å². The molecule has 1 heterocycles. The summed E-state index contributed by atoms with van der Waals surface area (Å²) in [4.78, 5) is 0.426. The third kappa shape index (κ3) is 2.74. The molecule has 0 aliphatic carbocycles. The van der Waals surface area contributed by atoms with Crippen molar-refractivity contribution in [1.29, 1.82) is 0 Å². The maximum absolute atomic E-state index is 5.79. The largest absolute Gasteiger partial charge is 0.378 e. The highest BCUT2D eigenvalue weighted by Crippen LogP contribution is 2.41. The topological polar surface area (TPSA) is 9.23 Å². The van der Waals surface area contributed by atoms with Gasteiger partial charge in [-0.25, -0.2) is 0 Å². The van der Waals surface area contributed by atoms with Crippen LogP contribution in [0.5, 0.6) is 0 Å². The van der Waals surface area contributed by atoms with E-state index in [0.29, 0.717) is 16.8 Å². The van der Waals surface area contributed by atoms with Crippen molar-refractivity contribution in [2.45, 2.75) is 44.5 Å². The molecule has 17 heavy (non-hydrogen) atoms. The number of rotatable bonds is 3. The molecule has 0 N–H and O–H groups in total. The second-order valence-electron chi connectivity index (χ2n) is 5.03. The van der Waals surface area contributed by atoms with Gasteiger partial charge in [0, 0.05) is 17.4 Å². The fraction of sp³-hybridized carbons (Fsp3) is 0.600. The van der Waals surface area contributed by atoms with Crippen molar-refractivity contribution in [2.75, 3.05) is 6.61 Å². The van der Waals surface area contributed by atoms with Crippen molar-refractivity contribution in [3.8, 4) is 0 Å². The number of ether oxygens (including phenoxy) is 1. The standard InChI is InChI=1S/C15H21BrO/c1-4-14-13(7-8-17-14)15(16)12-6-5-10(2)9-11(12)3/h5-6,9,13-15H,4,7-8H2,1-3H3. The molecule has 94 valence electrons. The van der Waals surface area contributed by atoms with Crippen LogP contribution in [0.2, 0.25) is 0 Å². The summed E-state index contributed by atoms with van der Waals surface area (Å²) in [6, 6.07) is 6.73. The lowest BCUT2D eigenvalue weighted by molar-refractivity contribution is 0.0872. The predicted molar refractivity (Wildman–Crippen MR) is 75.7 cm³/mol. The predicted octanol–water partition coefficient (Wildman–Crippen LogP) is 4.55. The molecule has 0 bridgehead atoms. The van der Waals surface area contributed by atoms with Crippen molar-refractivity contribution >= 4 is 15.9 Å². The molecule has 0 radical (unpaired) electrons. The third-order valence-corrected chi connectivity index (χ3v) is 4.93. The molecule has 1 aromatic rings. The number of hydrogen-bond donors (Lipinski definition) is 0. The van der Waals surface area contributed by atoms with Crippen LogP contribution in [0, 0.1) is 19.8 Å². The van der Waals surface area contributed by atoms with Gasteiger partial charge in [-0.1, -0.05) is 46.6 Å². The maximum Gasteiger partial charge on any atom is 0.0615 e. The van der Waals surface area contributed by atoms with E-state index in [-0.39, 0.29) is 0 Å². The van der Waals surface area contributed by atoms with Gasteiger partial charge in [-0.15, -0.1) is 0 Å². The third-order valence-electron chi connectivity index (χ3n) is 3.76. The lowest BCUT2D eigenvalue weighted by Gasteiger charge is -2.24. The Morgan fingerprint density at radius 2 is 2.18 bits per heavy atom. The lowest BCUT2D eigenvalue weighted by atomic mass is 9.89. The highest BCUT2D eigenvalue weighted by atomic mass is 79.9. The monoisotopic (exact) mass is 296 g/mol. The molecule has 1 aliphatic rings. The quantitative estimate of drug-likeness (QED) is 0.743. The molecule has 0 saturated carbocycles. The summed E-state index contributed by atoms with van der Waals surface area (Å²) < 4.78 is 5.79. The summed E-state index contributed by atoms with van der Waals surface area (Å²) in [6.07, 6.45) is 2.69. The van der Waals surface area contributed by atoms with Gasteiger partial charge in [0.25, 0.3) is 0 Å². The summed E-state index contributed by atoms with van der Waals surface area (Å²) in [5.41, 5.74) is 4.14. The van der Waals surface area contributed by atoms with Gasteiger partial charge in [0.05, 0.1) is 6.10 Å². The Labute approximate surface area is 113 Å². The average Bonchev–Trinajstić information content (AvgIpc) is 2.76. The highest BCUT2D eigenvalue weighted by molar-refractivity contribution is 9.09. The smallest absolute Gasteiger partial charge is 0.0615 e. The van der Waals surface area contributed by atoms with Gasteiger partial charge in [-0.3, -0.25) is 0 Å². The molecule has 1 aromatic carbocycles. The SMILES string of the molecule is CCC1OCCC1C(Br)c1ccc(C)cc1C. The minimum Gasteiger partial charge on any atom is -0.378 e. The molecule has 2 heteroatoms. The summed E-state index contributed by atoms with van der Waals surface area (Å²) >= 11 is 3.89. The maximum atomic E-state index is 5.79. The van der Waals surface area contributed by atoms with Crippen LogP contribution in [0.1, 0.15) is 41.3 Å². The zero-order valence-corrected chi connectivity index (χ0v) is 12.5. The molecular formula is C15H21BrO. The van der Waals surface area contributed by atoms with Crippen molar-refractivity contribution in [3.05, 3.63) is 34.9 Å².